The third-order valence-corrected chi connectivity index (χ3v) is 3.40. The lowest BCUT2D eigenvalue weighted by Crippen LogP contribution is -2.26. The fourth-order valence-electron chi connectivity index (χ4n) is 2.42. The van der Waals surface area contributed by atoms with Crippen LogP contribution in [0.3, 0.4) is 0 Å². The molecule has 2 atom stereocenters. The van der Waals surface area contributed by atoms with Gasteiger partial charge in [-0.25, -0.2) is 0 Å². The van der Waals surface area contributed by atoms with Gasteiger partial charge in [0.25, 0.3) is 0 Å². The van der Waals surface area contributed by atoms with E-state index in [1.54, 1.807) is 0 Å². The van der Waals surface area contributed by atoms with E-state index in [0.29, 0.717) is 12.1 Å². The van der Waals surface area contributed by atoms with Gasteiger partial charge in [-0.3, -0.25) is 0 Å². The summed E-state index contributed by atoms with van der Waals surface area (Å²) in [4.78, 5) is 0. The highest BCUT2D eigenvalue weighted by Gasteiger charge is 2.23. The molecule has 1 fully saturated rings. The number of rotatable bonds is 4. The van der Waals surface area contributed by atoms with Crippen LogP contribution in [0.2, 0.25) is 0 Å². The molecule has 0 saturated heterocycles. The molecular formula is C14H21NO. The van der Waals surface area contributed by atoms with Gasteiger partial charge in [0.05, 0.1) is 6.10 Å². The van der Waals surface area contributed by atoms with E-state index in [4.69, 9.17) is 4.74 Å². The minimum atomic E-state index is 0.468. The predicted molar refractivity (Wildman–Crippen MR) is 66.5 cm³/mol. The zero-order chi connectivity index (χ0) is 11.4. The maximum absolute atomic E-state index is 5.37. The van der Waals surface area contributed by atoms with Gasteiger partial charge in [-0.15, -0.1) is 0 Å². The minimum absolute atomic E-state index is 0.468. The summed E-state index contributed by atoms with van der Waals surface area (Å²) in [6.07, 6.45) is 4.06. The fourth-order valence-corrected chi connectivity index (χ4v) is 2.42. The van der Waals surface area contributed by atoms with Crippen molar-refractivity contribution in [3.63, 3.8) is 0 Å². The lowest BCUT2D eigenvalue weighted by Gasteiger charge is -2.13. The maximum Gasteiger partial charge on any atom is 0.0586 e. The summed E-state index contributed by atoms with van der Waals surface area (Å²) < 4.78 is 5.37. The zero-order valence-corrected chi connectivity index (χ0v) is 10.2. The summed E-state index contributed by atoms with van der Waals surface area (Å²) in [5.41, 5.74) is 2.71. The zero-order valence-electron chi connectivity index (χ0n) is 10.2. The summed E-state index contributed by atoms with van der Waals surface area (Å²) in [7, 11) is 1.81. The van der Waals surface area contributed by atoms with Crippen LogP contribution in [0, 0.1) is 6.92 Å². The first-order valence-corrected chi connectivity index (χ1v) is 6.09. The molecule has 0 bridgehead atoms. The Morgan fingerprint density at radius 1 is 1.38 bits per heavy atom. The van der Waals surface area contributed by atoms with Gasteiger partial charge in [0, 0.05) is 19.7 Å². The van der Waals surface area contributed by atoms with Crippen LogP contribution in [0.25, 0.3) is 0 Å². The molecule has 2 unspecified atom stereocenters. The van der Waals surface area contributed by atoms with Crippen molar-refractivity contribution in [2.45, 2.75) is 44.9 Å². The summed E-state index contributed by atoms with van der Waals surface area (Å²) in [6, 6.07) is 9.32. The Bertz CT molecular complexity index is 337. The SMILES string of the molecule is COC1CCC(NCc2cccc(C)c2)C1. The topological polar surface area (TPSA) is 21.3 Å². The highest BCUT2D eigenvalue weighted by atomic mass is 16.5. The van der Waals surface area contributed by atoms with Crippen molar-refractivity contribution in [2.75, 3.05) is 7.11 Å². The first-order chi connectivity index (χ1) is 7.78. The van der Waals surface area contributed by atoms with Crippen LogP contribution < -0.4 is 5.32 Å². The Morgan fingerprint density at radius 3 is 2.94 bits per heavy atom. The number of nitrogens with one attached hydrogen (secondary N) is 1. The van der Waals surface area contributed by atoms with E-state index in [-0.39, 0.29) is 0 Å². The third-order valence-electron chi connectivity index (χ3n) is 3.40. The molecule has 2 nitrogen and oxygen atoms in total. The number of methoxy groups -OCH3 is 1. The van der Waals surface area contributed by atoms with Crippen molar-refractivity contribution in [3.8, 4) is 0 Å². The molecule has 0 amide bonds. The average molecular weight is 219 g/mol. The van der Waals surface area contributed by atoms with Gasteiger partial charge < -0.3 is 10.1 Å². The van der Waals surface area contributed by atoms with E-state index in [2.05, 4.69) is 36.5 Å². The molecule has 0 radical (unpaired) electrons. The molecule has 0 aliphatic heterocycles. The molecule has 1 aliphatic carbocycles. The van der Waals surface area contributed by atoms with Crippen LogP contribution in [-0.4, -0.2) is 19.3 Å². The molecule has 0 spiro atoms. The van der Waals surface area contributed by atoms with Crippen molar-refractivity contribution in [3.05, 3.63) is 35.4 Å². The standard InChI is InChI=1S/C14H21NO/c1-11-4-3-5-12(8-11)10-15-13-6-7-14(9-13)16-2/h3-5,8,13-15H,6-7,9-10H2,1-2H3. The molecule has 1 aliphatic rings. The van der Waals surface area contributed by atoms with Crippen LogP contribution in [-0.2, 0) is 11.3 Å². The van der Waals surface area contributed by atoms with E-state index in [0.717, 1.165) is 13.0 Å². The molecule has 0 aromatic heterocycles. The summed E-state index contributed by atoms with van der Waals surface area (Å²) in [5, 5.41) is 3.61. The predicted octanol–water partition coefficient (Wildman–Crippen LogP) is 2.65. The van der Waals surface area contributed by atoms with Crippen LogP contribution in [0.15, 0.2) is 24.3 Å². The smallest absolute Gasteiger partial charge is 0.0586 e. The molecule has 1 N–H and O–H groups in total. The Balaban J connectivity index is 1.80. The van der Waals surface area contributed by atoms with Crippen LogP contribution in [0.1, 0.15) is 30.4 Å². The van der Waals surface area contributed by atoms with E-state index in [1.807, 2.05) is 7.11 Å². The van der Waals surface area contributed by atoms with E-state index in [9.17, 15) is 0 Å². The number of aryl methyl sites for hydroxylation is 1. The second-order valence-corrected chi connectivity index (χ2v) is 4.74. The Hall–Kier alpha value is -0.860. The van der Waals surface area contributed by atoms with E-state index < -0.39 is 0 Å². The Morgan fingerprint density at radius 2 is 2.25 bits per heavy atom. The lowest BCUT2D eigenvalue weighted by molar-refractivity contribution is 0.107. The van der Waals surface area contributed by atoms with Gasteiger partial charge in [-0.2, -0.15) is 0 Å². The fraction of sp³-hybridized carbons (Fsp3) is 0.571. The highest BCUT2D eigenvalue weighted by Crippen LogP contribution is 2.21. The summed E-state index contributed by atoms with van der Waals surface area (Å²) >= 11 is 0. The Kier molecular flexibility index (Phi) is 3.97. The van der Waals surface area contributed by atoms with Gasteiger partial charge in [0.2, 0.25) is 0 Å². The van der Waals surface area contributed by atoms with Gasteiger partial charge in [-0.05, 0) is 31.7 Å². The molecule has 1 aromatic carbocycles. The average Bonchev–Trinajstić information content (AvgIpc) is 2.74. The van der Waals surface area contributed by atoms with Crippen molar-refractivity contribution in [1.82, 2.24) is 5.32 Å². The van der Waals surface area contributed by atoms with Crippen LogP contribution >= 0.6 is 0 Å². The van der Waals surface area contributed by atoms with Crippen molar-refractivity contribution < 1.29 is 4.74 Å². The molecule has 16 heavy (non-hydrogen) atoms. The maximum atomic E-state index is 5.37. The molecule has 2 heteroatoms. The van der Waals surface area contributed by atoms with Gasteiger partial charge >= 0.3 is 0 Å². The summed E-state index contributed by atoms with van der Waals surface area (Å²) in [6.45, 7) is 3.11. The minimum Gasteiger partial charge on any atom is -0.381 e. The van der Waals surface area contributed by atoms with Gasteiger partial charge in [0.1, 0.15) is 0 Å². The van der Waals surface area contributed by atoms with Crippen molar-refractivity contribution >= 4 is 0 Å². The van der Waals surface area contributed by atoms with Gasteiger partial charge in [-0.1, -0.05) is 29.8 Å². The second-order valence-electron chi connectivity index (χ2n) is 4.74. The molecule has 88 valence electrons. The van der Waals surface area contributed by atoms with Crippen LogP contribution in [0.5, 0.6) is 0 Å². The molecule has 0 heterocycles. The highest BCUT2D eigenvalue weighted by molar-refractivity contribution is 5.22. The normalized spacial score (nSPS) is 24.9. The monoisotopic (exact) mass is 219 g/mol. The lowest BCUT2D eigenvalue weighted by atomic mass is 10.1. The summed E-state index contributed by atoms with van der Waals surface area (Å²) in [5.74, 6) is 0. The molecule has 2 rings (SSSR count). The largest absolute Gasteiger partial charge is 0.381 e. The third kappa shape index (κ3) is 3.06. The van der Waals surface area contributed by atoms with Crippen LogP contribution in [0.4, 0.5) is 0 Å². The first kappa shape index (κ1) is 11.6. The van der Waals surface area contributed by atoms with Gasteiger partial charge in [0.15, 0.2) is 0 Å². The Labute approximate surface area is 98.0 Å². The quantitative estimate of drug-likeness (QED) is 0.840. The number of hydrogen-bond donors (Lipinski definition) is 1. The molecule has 1 aromatic rings. The van der Waals surface area contributed by atoms with Crippen molar-refractivity contribution in [2.24, 2.45) is 0 Å². The second kappa shape index (κ2) is 5.46. The van der Waals surface area contributed by atoms with E-state index >= 15 is 0 Å². The molecule has 1 saturated carbocycles. The van der Waals surface area contributed by atoms with Crippen molar-refractivity contribution in [1.29, 1.82) is 0 Å². The van der Waals surface area contributed by atoms with E-state index in [1.165, 1.54) is 24.0 Å². The number of benzene rings is 1. The first-order valence-electron chi connectivity index (χ1n) is 6.09. The number of ether oxygens (including phenoxy) is 1. The molecular weight excluding hydrogens is 198 g/mol. The number of hydrogen-bond acceptors (Lipinski definition) is 2.